The average Bonchev–Trinajstić information content (AvgIpc) is 3.23. The van der Waals surface area contributed by atoms with Gasteiger partial charge in [0.1, 0.15) is 5.75 Å². The summed E-state index contributed by atoms with van der Waals surface area (Å²) in [6.07, 6.45) is 2.04. The number of benzene rings is 1. The predicted octanol–water partition coefficient (Wildman–Crippen LogP) is 3.30. The van der Waals surface area contributed by atoms with E-state index in [4.69, 9.17) is 4.74 Å². The quantitative estimate of drug-likeness (QED) is 0.741. The molecule has 2 aliphatic heterocycles. The number of methoxy groups -OCH3 is 1. The molecule has 1 aromatic heterocycles. The molecule has 1 fully saturated rings. The van der Waals surface area contributed by atoms with E-state index in [1.807, 2.05) is 4.90 Å². The highest BCUT2D eigenvalue weighted by Gasteiger charge is 2.36. The summed E-state index contributed by atoms with van der Waals surface area (Å²) in [5, 5.41) is 2.09. The van der Waals surface area contributed by atoms with Crippen LogP contribution in [0.1, 0.15) is 36.2 Å². The number of carbonyl (C=O) groups excluding carboxylic acids is 1. The molecule has 1 saturated heterocycles. The van der Waals surface area contributed by atoms with E-state index in [9.17, 15) is 13.2 Å². The van der Waals surface area contributed by atoms with Crippen LogP contribution in [0, 0.1) is 5.92 Å². The number of sulfonamides is 1. The van der Waals surface area contributed by atoms with E-state index < -0.39 is 10.0 Å². The fourth-order valence-electron chi connectivity index (χ4n) is 4.28. The molecule has 8 heteroatoms. The van der Waals surface area contributed by atoms with Gasteiger partial charge in [-0.15, -0.1) is 11.3 Å². The Morgan fingerprint density at radius 3 is 2.45 bits per heavy atom. The molecule has 2 aromatic rings. The van der Waals surface area contributed by atoms with Gasteiger partial charge >= 0.3 is 0 Å². The third-order valence-corrected chi connectivity index (χ3v) is 8.97. The van der Waals surface area contributed by atoms with E-state index in [0.717, 1.165) is 13.0 Å². The number of thiophene rings is 1. The predicted molar refractivity (Wildman–Crippen MR) is 113 cm³/mol. The molecule has 1 aromatic carbocycles. The van der Waals surface area contributed by atoms with Gasteiger partial charge in [-0.05, 0) is 67.5 Å². The van der Waals surface area contributed by atoms with E-state index in [0.29, 0.717) is 31.7 Å². The van der Waals surface area contributed by atoms with Gasteiger partial charge in [0.25, 0.3) is 0 Å². The lowest BCUT2D eigenvalue weighted by Crippen LogP contribution is -2.46. The normalized spacial score (nSPS) is 21.0. The van der Waals surface area contributed by atoms with Crippen molar-refractivity contribution in [2.75, 3.05) is 26.7 Å². The molecule has 1 atom stereocenters. The molecule has 156 valence electrons. The maximum atomic E-state index is 13.1. The van der Waals surface area contributed by atoms with Crippen LogP contribution in [0.4, 0.5) is 0 Å². The van der Waals surface area contributed by atoms with Crippen molar-refractivity contribution in [3.63, 3.8) is 0 Å². The van der Waals surface area contributed by atoms with Gasteiger partial charge in [0.15, 0.2) is 0 Å². The Balaban J connectivity index is 1.40. The van der Waals surface area contributed by atoms with Crippen LogP contribution in [0.2, 0.25) is 0 Å². The number of piperidine rings is 1. The van der Waals surface area contributed by atoms with Crippen molar-refractivity contribution in [2.45, 2.75) is 37.1 Å². The van der Waals surface area contributed by atoms with Crippen molar-refractivity contribution in [1.29, 1.82) is 0 Å². The fraction of sp³-hybridized carbons (Fsp3) is 0.476. The number of hydrogen-bond donors (Lipinski definition) is 0. The van der Waals surface area contributed by atoms with E-state index in [1.165, 1.54) is 14.7 Å². The molecule has 4 rings (SSSR count). The van der Waals surface area contributed by atoms with Crippen LogP contribution in [0.15, 0.2) is 40.6 Å². The van der Waals surface area contributed by atoms with Crippen LogP contribution < -0.4 is 4.74 Å². The zero-order valence-electron chi connectivity index (χ0n) is 16.7. The lowest BCUT2D eigenvalue weighted by molar-refractivity contribution is -0.139. The van der Waals surface area contributed by atoms with E-state index in [2.05, 4.69) is 18.4 Å². The molecule has 0 bridgehead atoms. The van der Waals surface area contributed by atoms with Crippen LogP contribution in [0.25, 0.3) is 0 Å². The largest absolute Gasteiger partial charge is 0.497 e. The van der Waals surface area contributed by atoms with E-state index in [1.54, 1.807) is 42.7 Å². The van der Waals surface area contributed by atoms with Crippen LogP contribution >= 0.6 is 11.3 Å². The molecule has 3 heterocycles. The second-order valence-electron chi connectivity index (χ2n) is 7.61. The summed E-state index contributed by atoms with van der Waals surface area (Å²) in [5.41, 5.74) is 1.26. The molecule has 2 aliphatic rings. The number of rotatable bonds is 4. The van der Waals surface area contributed by atoms with Gasteiger partial charge in [0.2, 0.25) is 15.9 Å². The van der Waals surface area contributed by atoms with Crippen LogP contribution in [-0.2, 0) is 21.2 Å². The molecule has 0 aliphatic carbocycles. The standard InChI is InChI=1S/C21H26N2O4S2/c1-15-19-10-14-28-20(19)9-13-23(15)21(24)16-7-11-22(12-8-16)29(25,26)18-5-3-17(27-2)4-6-18/h3-6,10,14-16H,7-9,11-13H2,1-2H3/t15-/m1/s1. The fourth-order valence-corrected chi connectivity index (χ4v) is 6.72. The van der Waals surface area contributed by atoms with Gasteiger partial charge in [0.05, 0.1) is 18.0 Å². The number of fused-ring (bicyclic) bond motifs is 1. The lowest BCUT2D eigenvalue weighted by atomic mass is 9.93. The number of amides is 1. The molecule has 0 unspecified atom stereocenters. The van der Waals surface area contributed by atoms with Gasteiger partial charge in [0, 0.05) is 30.4 Å². The van der Waals surface area contributed by atoms with Crippen molar-refractivity contribution in [2.24, 2.45) is 5.92 Å². The molecule has 0 saturated carbocycles. The van der Waals surface area contributed by atoms with E-state index >= 15 is 0 Å². The minimum Gasteiger partial charge on any atom is -0.497 e. The summed E-state index contributed by atoms with van der Waals surface area (Å²) in [7, 11) is -2.00. The van der Waals surface area contributed by atoms with Crippen LogP contribution in [0.3, 0.4) is 0 Å². The third kappa shape index (κ3) is 3.81. The lowest BCUT2D eigenvalue weighted by Gasteiger charge is -2.38. The second-order valence-corrected chi connectivity index (χ2v) is 10.5. The maximum Gasteiger partial charge on any atom is 0.243 e. The average molecular weight is 435 g/mol. The Morgan fingerprint density at radius 1 is 1.10 bits per heavy atom. The smallest absolute Gasteiger partial charge is 0.243 e. The van der Waals surface area contributed by atoms with Gasteiger partial charge in [-0.1, -0.05) is 0 Å². The summed E-state index contributed by atoms with van der Waals surface area (Å²) in [4.78, 5) is 16.8. The van der Waals surface area contributed by atoms with Crippen molar-refractivity contribution < 1.29 is 17.9 Å². The number of ether oxygens (including phenoxy) is 1. The van der Waals surface area contributed by atoms with Gasteiger partial charge in [-0.3, -0.25) is 4.79 Å². The topological polar surface area (TPSA) is 66.9 Å². The minimum atomic E-state index is -3.55. The molecule has 29 heavy (non-hydrogen) atoms. The molecular weight excluding hydrogens is 408 g/mol. The molecule has 1 amide bonds. The number of hydrogen-bond acceptors (Lipinski definition) is 5. The number of nitrogens with zero attached hydrogens (tertiary/aromatic N) is 2. The highest BCUT2D eigenvalue weighted by molar-refractivity contribution is 7.89. The molecule has 0 N–H and O–H groups in total. The first-order valence-electron chi connectivity index (χ1n) is 9.92. The number of carbonyl (C=O) groups is 1. The summed E-state index contributed by atoms with van der Waals surface area (Å²) in [5.74, 6) is 0.675. The Morgan fingerprint density at radius 2 is 1.79 bits per heavy atom. The Bertz CT molecular complexity index is 976. The van der Waals surface area contributed by atoms with Gasteiger partial charge < -0.3 is 9.64 Å². The van der Waals surface area contributed by atoms with Crippen molar-refractivity contribution in [1.82, 2.24) is 9.21 Å². The summed E-state index contributed by atoms with van der Waals surface area (Å²) in [6, 6.07) is 8.66. The molecular formula is C21H26N2O4S2. The maximum absolute atomic E-state index is 13.1. The zero-order chi connectivity index (χ0) is 20.6. The van der Waals surface area contributed by atoms with Crippen molar-refractivity contribution in [3.8, 4) is 5.75 Å². The first-order chi connectivity index (χ1) is 13.9. The van der Waals surface area contributed by atoms with Crippen LogP contribution in [-0.4, -0.2) is 50.3 Å². The highest BCUT2D eigenvalue weighted by Crippen LogP contribution is 2.35. The Labute approximate surface area is 176 Å². The summed E-state index contributed by atoms with van der Waals surface area (Å²) < 4.78 is 32.4. The van der Waals surface area contributed by atoms with Gasteiger partial charge in [-0.25, -0.2) is 8.42 Å². The third-order valence-electron chi connectivity index (χ3n) is 6.06. The molecule has 0 spiro atoms. The molecule has 6 nitrogen and oxygen atoms in total. The molecule has 0 radical (unpaired) electrons. The second kappa shape index (κ2) is 8.08. The van der Waals surface area contributed by atoms with Gasteiger partial charge in [-0.2, -0.15) is 4.31 Å². The Hall–Kier alpha value is -1.90. The monoisotopic (exact) mass is 434 g/mol. The zero-order valence-corrected chi connectivity index (χ0v) is 18.3. The highest BCUT2D eigenvalue weighted by atomic mass is 32.2. The van der Waals surface area contributed by atoms with E-state index in [-0.39, 0.29) is 22.8 Å². The first kappa shape index (κ1) is 20.4. The summed E-state index contributed by atoms with van der Waals surface area (Å²) >= 11 is 1.76. The van der Waals surface area contributed by atoms with Crippen molar-refractivity contribution in [3.05, 3.63) is 46.2 Å². The SMILES string of the molecule is COc1ccc(S(=O)(=O)N2CCC(C(=O)N3CCc4sccc4[C@H]3C)CC2)cc1. The van der Waals surface area contributed by atoms with Crippen LogP contribution in [0.5, 0.6) is 5.75 Å². The summed E-state index contributed by atoms with van der Waals surface area (Å²) in [6.45, 7) is 3.58. The minimum absolute atomic E-state index is 0.0959. The van der Waals surface area contributed by atoms with Crippen molar-refractivity contribution >= 4 is 27.3 Å². The first-order valence-corrected chi connectivity index (χ1v) is 12.2. The Kier molecular flexibility index (Phi) is 5.68.